The number of thiophene rings is 1. The first-order valence-corrected chi connectivity index (χ1v) is 6.76. The van der Waals surface area contributed by atoms with E-state index in [0.717, 1.165) is 34.2 Å². The minimum Gasteiger partial charge on any atom is -0.308 e. The summed E-state index contributed by atoms with van der Waals surface area (Å²) in [5, 5.41) is 1.14. The van der Waals surface area contributed by atoms with Crippen LogP contribution in [-0.4, -0.2) is 9.97 Å². The lowest BCUT2D eigenvalue weighted by Gasteiger charge is -2.18. The van der Waals surface area contributed by atoms with Crippen LogP contribution in [0.15, 0.2) is 0 Å². The standard InChI is InChI=1S/C12H16N4S/c1-6-3-4-8-9(5-6)17-12-10(8)11(16-13)14-7(2)15-12/h6H,3-5,13H2,1-2H3,(H,14,15,16). The molecular weight excluding hydrogens is 232 g/mol. The molecule has 0 radical (unpaired) electrons. The minimum absolute atomic E-state index is 0.775. The van der Waals surface area contributed by atoms with Crippen molar-refractivity contribution in [3.63, 3.8) is 0 Å². The van der Waals surface area contributed by atoms with E-state index >= 15 is 0 Å². The maximum Gasteiger partial charge on any atom is 0.152 e. The van der Waals surface area contributed by atoms with Gasteiger partial charge in [-0.15, -0.1) is 11.3 Å². The molecular formula is C12H16N4S. The van der Waals surface area contributed by atoms with E-state index in [2.05, 4.69) is 22.3 Å². The predicted molar refractivity (Wildman–Crippen MR) is 71.2 cm³/mol. The zero-order valence-corrected chi connectivity index (χ0v) is 10.9. The van der Waals surface area contributed by atoms with Gasteiger partial charge in [-0.05, 0) is 37.7 Å². The van der Waals surface area contributed by atoms with E-state index in [9.17, 15) is 0 Å². The van der Waals surface area contributed by atoms with Crippen LogP contribution < -0.4 is 11.3 Å². The third kappa shape index (κ3) is 1.70. The van der Waals surface area contributed by atoms with Crippen molar-refractivity contribution in [3.8, 4) is 0 Å². The number of anilines is 1. The van der Waals surface area contributed by atoms with Crippen LogP contribution in [0.2, 0.25) is 0 Å². The molecule has 0 aromatic carbocycles. The first-order valence-electron chi connectivity index (χ1n) is 5.94. The molecule has 2 aromatic rings. The number of fused-ring (bicyclic) bond motifs is 3. The molecule has 2 aromatic heterocycles. The maximum absolute atomic E-state index is 5.57. The summed E-state index contributed by atoms with van der Waals surface area (Å²) < 4.78 is 0. The molecule has 2 heterocycles. The molecule has 0 fully saturated rings. The van der Waals surface area contributed by atoms with E-state index in [1.54, 1.807) is 11.3 Å². The minimum atomic E-state index is 0.775. The summed E-state index contributed by atoms with van der Waals surface area (Å²) in [4.78, 5) is 11.4. The molecule has 3 N–H and O–H groups in total. The molecule has 0 bridgehead atoms. The molecule has 3 rings (SSSR count). The Bertz CT molecular complexity index is 575. The van der Waals surface area contributed by atoms with Crippen LogP contribution in [0.1, 0.15) is 29.6 Å². The van der Waals surface area contributed by atoms with E-state index in [1.807, 2.05) is 6.92 Å². The van der Waals surface area contributed by atoms with Gasteiger partial charge >= 0.3 is 0 Å². The van der Waals surface area contributed by atoms with Crippen molar-refractivity contribution in [1.29, 1.82) is 0 Å². The molecule has 1 atom stereocenters. The average Bonchev–Trinajstić information content (AvgIpc) is 2.64. The van der Waals surface area contributed by atoms with Gasteiger partial charge in [-0.1, -0.05) is 6.92 Å². The Kier molecular flexibility index (Phi) is 2.52. The molecule has 1 unspecified atom stereocenters. The summed E-state index contributed by atoms with van der Waals surface area (Å²) in [5.74, 6) is 7.90. The van der Waals surface area contributed by atoms with Crippen LogP contribution in [0.3, 0.4) is 0 Å². The fraction of sp³-hybridized carbons (Fsp3) is 0.500. The molecule has 90 valence electrons. The number of nitrogen functional groups attached to an aromatic ring is 1. The lowest BCUT2D eigenvalue weighted by Crippen LogP contribution is -2.12. The Morgan fingerprint density at radius 1 is 1.41 bits per heavy atom. The SMILES string of the molecule is Cc1nc(NN)c2c3c(sc2n1)CC(C)CC3. The molecule has 17 heavy (non-hydrogen) atoms. The van der Waals surface area contributed by atoms with Crippen LogP contribution in [0.25, 0.3) is 10.2 Å². The van der Waals surface area contributed by atoms with Crippen molar-refractivity contribution in [3.05, 3.63) is 16.3 Å². The number of hydrazine groups is 1. The molecule has 0 spiro atoms. The fourth-order valence-electron chi connectivity index (χ4n) is 2.55. The van der Waals surface area contributed by atoms with Gasteiger partial charge < -0.3 is 5.43 Å². The van der Waals surface area contributed by atoms with Crippen LogP contribution in [0, 0.1) is 12.8 Å². The van der Waals surface area contributed by atoms with Gasteiger partial charge in [0.15, 0.2) is 5.82 Å². The number of hydrogen-bond acceptors (Lipinski definition) is 5. The van der Waals surface area contributed by atoms with Gasteiger partial charge in [0.05, 0.1) is 5.39 Å². The zero-order valence-electron chi connectivity index (χ0n) is 10.1. The van der Waals surface area contributed by atoms with Crippen LogP contribution in [0.4, 0.5) is 5.82 Å². The molecule has 0 amide bonds. The van der Waals surface area contributed by atoms with Crippen molar-refractivity contribution in [2.24, 2.45) is 11.8 Å². The zero-order chi connectivity index (χ0) is 12.0. The van der Waals surface area contributed by atoms with Crippen LogP contribution >= 0.6 is 11.3 Å². The van der Waals surface area contributed by atoms with Gasteiger partial charge in [0.2, 0.25) is 0 Å². The van der Waals surface area contributed by atoms with Gasteiger partial charge in [0.1, 0.15) is 10.7 Å². The Morgan fingerprint density at radius 3 is 3.00 bits per heavy atom. The summed E-state index contributed by atoms with van der Waals surface area (Å²) >= 11 is 1.80. The highest BCUT2D eigenvalue weighted by molar-refractivity contribution is 7.19. The number of nitrogens with one attached hydrogen (secondary N) is 1. The average molecular weight is 248 g/mol. The van der Waals surface area contributed by atoms with Crippen LogP contribution in [0.5, 0.6) is 0 Å². The molecule has 0 saturated carbocycles. The number of nitrogens with two attached hydrogens (primary N) is 1. The van der Waals surface area contributed by atoms with Gasteiger partial charge in [-0.25, -0.2) is 15.8 Å². The molecule has 5 heteroatoms. The fourth-order valence-corrected chi connectivity index (χ4v) is 3.98. The molecule has 0 saturated heterocycles. The van der Waals surface area contributed by atoms with Gasteiger partial charge in [0.25, 0.3) is 0 Å². The number of hydrogen-bond donors (Lipinski definition) is 2. The summed E-state index contributed by atoms with van der Waals surface area (Å²) in [6.07, 6.45) is 3.54. The van der Waals surface area contributed by atoms with Gasteiger partial charge in [0, 0.05) is 4.88 Å². The Morgan fingerprint density at radius 2 is 2.24 bits per heavy atom. The predicted octanol–water partition coefficient (Wildman–Crippen LogP) is 2.41. The van der Waals surface area contributed by atoms with Gasteiger partial charge in [-0.3, -0.25) is 0 Å². The van der Waals surface area contributed by atoms with Crippen molar-refractivity contribution in [2.75, 3.05) is 5.43 Å². The highest BCUT2D eigenvalue weighted by atomic mass is 32.1. The third-order valence-electron chi connectivity index (χ3n) is 3.40. The molecule has 4 nitrogen and oxygen atoms in total. The Labute approximate surface area is 104 Å². The summed E-state index contributed by atoms with van der Waals surface area (Å²) in [6, 6.07) is 0. The van der Waals surface area contributed by atoms with Crippen molar-refractivity contribution >= 4 is 27.4 Å². The largest absolute Gasteiger partial charge is 0.308 e. The lowest BCUT2D eigenvalue weighted by molar-refractivity contribution is 0.509. The van der Waals surface area contributed by atoms with E-state index in [1.165, 1.54) is 23.3 Å². The summed E-state index contributed by atoms with van der Waals surface area (Å²) in [6.45, 7) is 4.22. The molecule has 0 aliphatic heterocycles. The normalized spacial score (nSPS) is 19.4. The number of aryl methyl sites for hydroxylation is 2. The third-order valence-corrected chi connectivity index (χ3v) is 4.55. The monoisotopic (exact) mass is 248 g/mol. The molecule has 1 aliphatic carbocycles. The van der Waals surface area contributed by atoms with E-state index < -0.39 is 0 Å². The van der Waals surface area contributed by atoms with Crippen molar-refractivity contribution in [1.82, 2.24) is 9.97 Å². The van der Waals surface area contributed by atoms with Gasteiger partial charge in [-0.2, -0.15) is 0 Å². The van der Waals surface area contributed by atoms with Crippen molar-refractivity contribution < 1.29 is 0 Å². The molecule has 1 aliphatic rings. The van der Waals surface area contributed by atoms with Crippen molar-refractivity contribution in [2.45, 2.75) is 33.1 Å². The van der Waals surface area contributed by atoms with E-state index in [4.69, 9.17) is 5.84 Å². The second-order valence-corrected chi connectivity index (χ2v) is 5.88. The summed E-state index contributed by atoms with van der Waals surface area (Å²) in [7, 11) is 0. The summed E-state index contributed by atoms with van der Waals surface area (Å²) in [5.41, 5.74) is 4.13. The second kappa shape index (κ2) is 3.92. The lowest BCUT2D eigenvalue weighted by atomic mass is 9.89. The van der Waals surface area contributed by atoms with Crippen LogP contribution in [-0.2, 0) is 12.8 Å². The number of aromatic nitrogens is 2. The Hall–Kier alpha value is -1.20. The Balaban J connectivity index is 2.28. The maximum atomic E-state index is 5.57. The second-order valence-electron chi connectivity index (χ2n) is 4.80. The first-order chi connectivity index (χ1) is 8.19. The highest BCUT2D eigenvalue weighted by Crippen LogP contribution is 2.39. The highest BCUT2D eigenvalue weighted by Gasteiger charge is 2.23. The number of nitrogens with zero attached hydrogens (tertiary/aromatic N) is 2. The van der Waals surface area contributed by atoms with E-state index in [0.29, 0.717) is 0 Å². The quantitative estimate of drug-likeness (QED) is 0.601. The number of rotatable bonds is 1. The first kappa shape index (κ1) is 10.9. The topological polar surface area (TPSA) is 63.8 Å². The van der Waals surface area contributed by atoms with E-state index in [-0.39, 0.29) is 0 Å². The smallest absolute Gasteiger partial charge is 0.152 e.